The second kappa shape index (κ2) is 8.42. The molecule has 1 aliphatic heterocycles. The lowest BCUT2D eigenvalue weighted by atomic mass is 10.1. The van der Waals surface area contributed by atoms with Crippen molar-refractivity contribution in [3.8, 4) is 17.2 Å². The van der Waals surface area contributed by atoms with Crippen LogP contribution in [0.4, 0.5) is 5.69 Å². The molecule has 0 bridgehead atoms. The standard InChI is InChI=1S/C20H23NO4/c1-2-23-17-9-7-16(8-10-17)21-20(22)5-3-4-15-6-11-18-19(14-15)25-13-12-24-18/h6-11,14H,2-5,12-13H2,1H3,(H,21,22). The van der Waals surface area contributed by atoms with Gasteiger partial charge in [-0.3, -0.25) is 4.79 Å². The highest BCUT2D eigenvalue weighted by Gasteiger charge is 2.11. The Morgan fingerprint density at radius 2 is 1.84 bits per heavy atom. The minimum Gasteiger partial charge on any atom is -0.494 e. The summed E-state index contributed by atoms with van der Waals surface area (Å²) in [6.07, 6.45) is 2.08. The third-order valence-electron chi connectivity index (χ3n) is 3.92. The Morgan fingerprint density at radius 1 is 1.08 bits per heavy atom. The molecule has 3 rings (SSSR count). The minimum absolute atomic E-state index is 0.0155. The molecule has 2 aromatic carbocycles. The van der Waals surface area contributed by atoms with Crippen molar-refractivity contribution in [2.24, 2.45) is 0 Å². The Kier molecular flexibility index (Phi) is 5.77. The molecule has 0 fully saturated rings. The van der Waals surface area contributed by atoms with E-state index in [0.717, 1.165) is 41.3 Å². The lowest BCUT2D eigenvalue weighted by Crippen LogP contribution is -2.15. The van der Waals surface area contributed by atoms with Crippen LogP contribution in [-0.2, 0) is 11.2 Å². The van der Waals surface area contributed by atoms with Gasteiger partial charge in [0.2, 0.25) is 5.91 Å². The van der Waals surface area contributed by atoms with Crippen LogP contribution < -0.4 is 19.5 Å². The smallest absolute Gasteiger partial charge is 0.224 e. The Hall–Kier alpha value is -2.69. The summed E-state index contributed by atoms with van der Waals surface area (Å²) >= 11 is 0. The first kappa shape index (κ1) is 17.1. The Labute approximate surface area is 147 Å². The van der Waals surface area contributed by atoms with Gasteiger partial charge in [-0.25, -0.2) is 0 Å². The van der Waals surface area contributed by atoms with Crippen LogP contribution in [0.2, 0.25) is 0 Å². The lowest BCUT2D eigenvalue weighted by molar-refractivity contribution is -0.116. The molecule has 0 atom stereocenters. The zero-order valence-corrected chi connectivity index (χ0v) is 14.4. The number of hydrogen-bond donors (Lipinski definition) is 1. The van der Waals surface area contributed by atoms with Crippen molar-refractivity contribution in [3.05, 3.63) is 48.0 Å². The van der Waals surface area contributed by atoms with E-state index in [9.17, 15) is 4.79 Å². The fourth-order valence-corrected chi connectivity index (χ4v) is 2.72. The molecule has 0 aromatic heterocycles. The maximum Gasteiger partial charge on any atom is 0.224 e. The van der Waals surface area contributed by atoms with Gasteiger partial charge in [-0.2, -0.15) is 0 Å². The number of anilines is 1. The lowest BCUT2D eigenvalue weighted by Gasteiger charge is -2.18. The highest BCUT2D eigenvalue weighted by atomic mass is 16.6. The summed E-state index contributed by atoms with van der Waals surface area (Å²) < 4.78 is 16.5. The van der Waals surface area contributed by atoms with Crippen LogP contribution in [0.25, 0.3) is 0 Å². The Morgan fingerprint density at radius 3 is 2.60 bits per heavy atom. The molecule has 1 heterocycles. The monoisotopic (exact) mass is 341 g/mol. The molecule has 0 saturated carbocycles. The maximum absolute atomic E-state index is 12.1. The third-order valence-corrected chi connectivity index (χ3v) is 3.92. The summed E-state index contributed by atoms with van der Waals surface area (Å²) in [5, 5.41) is 2.91. The van der Waals surface area contributed by atoms with Crippen molar-refractivity contribution in [2.75, 3.05) is 25.1 Å². The summed E-state index contributed by atoms with van der Waals surface area (Å²) in [7, 11) is 0. The molecule has 0 saturated heterocycles. The number of fused-ring (bicyclic) bond motifs is 1. The number of hydrogen-bond acceptors (Lipinski definition) is 4. The predicted octanol–water partition coefficient (Wildman–Crippen LogP) is 3.82. The second-order valence-electron chi connectivity index (χ2n) is 5.84. The van der Waals surface area contributed by atoms with Crippen molar-refractivity contribution in [2.45, 2.75) is 26.2 Å². The highest BCUT2D eigenvalue weighted by Crippen LogP contribution is 2.31. The van der Waals surface area contributed by atoms with E-state index in [4.69, 9.17) is 14.2 Å². The predicted molar refractivity (Wildman–Crippen MR) is 96.6 cm³/mol. The zero-order valence-electron chi connectivity index (χ0n) is 14.4. The van der Waals surface area contributed by atoms with Gasteiger partial charge in [-0.15, -0.1) is 0 Å². The van der Waals surface area contributed by atoms with Crippen LogP contribution in [0.1, 0.15) is 25.3 Å². The van der Waals surface area contributed by atoms with Crippen molar-refractivity contribution in [3.63, 3.8) is 0 Å². The van der Waals surface area contributed by atoms with Crippen molar-refractivity contribution in [1.82, 2.24) is 0 Å². The molecule has 0 spiro atoms. The van der Waals surface area contributed by atoms with E-state index in [0.29, 0.717) is 26.2 Å². The van der Waals surface area contributed by atoms with Crippen LogP contribution in [0.5, 0.6) is 17.2 Å². The topological polar surface area (TPSA) is 56.8 Å². The van der Waals surface area contributed by atoms with Gasteiger partial charge in [-0.1, -0.05) is 6.07 Å². The van der Waals surface area contributed by atoms with Gasteiger partial charge in [0.05, 0.1) is 6.61 Å². The molecule has 2 aromatic rings. The number of ether oxygens (including phenoxy) is 3. The first-order valence-electron chi connectivity index (χ1n) is 8.66. The number of carbonyl (C=O) groups is 1. The van der Waals surface area contributed by atoms with Crippen LogP contribution in [-0.4, -0.2) is 25.7 Å². The molecule has 0 aliphatic carbocycles. The average Bonchev–Trinajstić information content (AvgIpc) is 2.63. The molecule has 132 valence electrons. The van der Waals surface area contributed by atoms with Gasteiger partial charge in [0.15, 0.2) is 11.5 Å². The Bertz CT molecular complexity index is 712. The number of rotatable bonds is 7. The van der Waals surface area contributed by atoms with Gasteiger partial charge in [0.1, 0.15) is 19.0 Å². The van der Waals surface area contributed by atoms with E-state index in [1.807, 2.05) is 49.4 Å². The van der Waals surface area contributed by atoms with E-state index >= 15 is 0 Å². The number of aryl methyl sites for hydroxylation is 1. The molecule has 5 nitrogen and oxygen atoms in total. The SMILES string of the molecule is CCOc1ccc(NC(=O)CCCc2ccc3c(c2)OCCO3)cc1. The van der Waals surface area contributed by atoms with Gasteiger partial charge in [0.25, 0.3) is 0 Å². The summed E-state index contributed by atoms with van der Waals surface area (Å²) in [5.74, 6) is 2.41. The maximum atomic E-state index is 12.1. The van der Waals surface area contributed by atoms with Crippen molar-refractivity contribution < 1.29 is 19.0 Å². The van der Waals surface area contributed by atoms with Crippen LogP contribution >= 0.6 is 0 Å². The first-order valence-corrected chi connectivity index (χ1v) is 8.66. The van der Waals surface area contributed by atoms with Crippen LogP contribution in [0, 0.1) is 0 Å². The Balaban J connectivity index is 1.44. The fourth-order valence-electron chi connectivity index (χ4n) is 2.72. The van der Waals surface area contributed by atoms with Crippen LogP contribution in [0.15, 0.2) is 42.5 Å². The quantitative estimate of drug-likeness (QED) is 0.832. The second-order valence-corrected chi connectivity index (χ2v) is 5.84. The van der Waals surface area contributed by atoms with Crippen LogP contribution in [0.3, 0.4) is 0 Å². The molecule has 0 radical (unpaired) electrons. The highest BCUT2D eigenvalue weighted by molar-refractivity contribution is 5.90. The van der Waals surface area contributed by atoms with E-state index in [-0.39, 0.29) is 5.91 Å². The van der Waals surface area contributed by atoms with E-state index in [2.05, 4.69) is 5.32 Å². The van der Waals surface area contributed by atoms with E-state index in [1.165, 1.54) is 0 Å². The van der Waals surface area contributed by atoms with E-state index in [1.54, 1.807) is 0 Å². The molecule has 1 N–H and O–H groups in total. The number of benzene rings is 2. The summed E-state index contributed by atoms with van der Waals surface area (Å²) in [5.41, 5.74) is 1.94. The van der Waals surface area contributed by atoms with Gasteiger partial charge in [-0.05, 0) is 61.7 Å². The summed E-state index contributed by atoms with van der Waals surface area (Å²) in [4.78, 5) is 12.1. The molecule has 1 amide bonds. The normalized spacial score (nSPS) is 12.5. The zero-order chi connectivity index (χ0) is 17.5. The molecule has 1 aliphatic rings. The first-order chi connectivity index (χ1) is 12.2. The summed E-state index contributed by atoms with van der Waals surface area (Å²) in [6, 6.07) is 13.4. The molecule has 5 heteroatoms. The minimum atomic E-state index is 0.0155. The average molecular weight is 341 g/mol. The van der Waals surface area contributed by atoms with Crippen molar-refractivity contribution >= 4 is 11.6 Å². The third kappa shape index (κ3) is 4.89. The van der Waals surface area contributed by atoms with E-state index < -0.39 is 0 Å². The number of nitrogens with one attached hydrogen (secondary N) is 1. The van der Waals surface area contributed by atoms with Crippen molar-refractivity contribution in [1.29, 1.82) is 0 Å². The van der Waals surface area contributed by atoms with Gasteiger partial charge < -0.3 is 19.5 Å². The molecular weight excluding hydrogens is 318 g/mol. The fraction of sp³-hybridized carbons (Fsp3) is 0.350. The van der Waals surface area contributed by atoms with Gasteiger partial charge >= 0.3 is 0 Å². The molecular formula is C20H23NO4. The van der Waals surface area contributed by atoms with Gasteiger partial charge in [0, 0.05) is 12.1 Å². The molecule has 25 heavy (non-hydrogen) atoms. The number of carbonyl (C=O) groups excluding carboxylic acids is 1. The summed E-state index contributed by atoms with van der Waals surface area (Å²) in [6.45, 7) is 3.75. The molecule has 0 unspecified atom stereocenters. The largest absolute Gasteiger partial charge is 0.494 e. The number of amides is 1.